The fourth-order valence-electron chi connectivity index (χ4n) is 3.28. The van der Waals surface area contributed by atoms with Gasteiger partial charge in [0, 0.05) is 22.4 Å². The summed E-state index contributed by atoms with van der Waals surface area (Å²) in [6, 6.07) is 12.5. The SMILES string of the molecule is Cc1cc(NC(=O)N[C@H](C(=O)N2CCc3ccccc32)C(C)C)ccc1Br. The molecule has 0 bridgehead atoms. The van der Waals surface area contributed by atoms with Crippen molar-refractivity contribution in [1.82, 2.24) is 5.32 Å². The van der Waals surface area contributed by atoms with Gasteiger partial charge in [-0.1, -0.05) is 48.0 Å². The second-order valence-corrected chi connectivity index (χ2v) is 8.01. The van der Waals surface area contributed by atoms with E-state index in [1.807, 2.05) is 63.2 Å². The number of carbonyl (C=O) groups is 2. The molecule has 0 saturated heterocycles. The zero-order chi connectivity index (χ0) is 19.6. The zero-order valence-corrected chi connectivity index (χ0v) is 17.3. The molecule has 0 radical (unpaired) electrons. The molecular weight excluding hydrogens is 406 g/mol. The van der Waals surface area contributed by atoms with Gasteiger partial charge in [-0.2, -0.15) is 0 Å². The van der Waals surface area contributed by atoms with Gasteiger partial charge in [0.15, 0.2) is 0 Å². The summed E-state index contributed by atoms with van der Waals surface area (Å²) < 4.78 is 0.983. The van der Waals surface area contributed by atoms with E-state index in [1.165, 1.54) is 5.56 Å². The first-order chi connectivity index (χ1) is 12.9. The third kappa shape index (κ3) is 4.33. The van der Waals surface area contributed by atoms with Crippen LogP contribution in [0.1, 0.15) is 25.0 Å². The molecule has 0 aliphatic carbocycles. The molecule has 0 fully saturated rings. The third-order valence-electron chi connectivity index (χ3n) is 4.79. The van der Waals surface area contributed by atoms with Crippen molar-refractivity contribution in [2.24, 2.45) is 5.92 Å². The number of hydrogen-bond donors (Lipinski definition) is 2. The minimum atomic E-state index is -0.590. The highest BCUT2D eigenvalue weighted by Gasteiger charge is 2.32. The van der Waals surface area contributed by atoms with Crippen LogP contribution in [-0.2, 0) is 11.2 Å². The number of amides is 3. The van der Waals surface area contributed by atoms with Crippen LogP contribution >= 0.6 is 15.9 Å². The summed E-state index contributed by atoms with van der Waals surface area (Å²) in [4.78, 5) is 27.4. The fourth-order valence-corrected chi connectivity index (χ4v) is 3.53. The van der Waals surface area contributed by atoms with Crippen LogP contribution in [0.25, 0.3) is 0 Å². The first kappa shape index (κ1) is 19.4. The maximum atomic E-state index is 13.1. The Labute approximate surface area is 168 Å². The molecular formula is C21H24BrN3O2. The highest BCUT2D eigenvalue weighted by Crippen LogP contribution is 2.28. The van der Waals surface area contributed by atoms with Crippen molar-refractivity contribution in [1.29, 1.82) is 0 Å². The van der Waals surface area contributed by atoms with Crippen molar-refractivity contribution in [3.8, 4) is 0 Å². The lowest BCUT2D eigenvalue weighted by molar-refractivity contribution is -0.121. The number of nitrogens with one attached hydrogen (secondary N) is 2. The first-order valence-electron chi connectivity index (χ1n) is 9.09. The zero-order valence-electron chi connectivity index (χ0n) is 15.8. The van der Waals surface area contributed by atoms with Gasteiger partial charge in [-0.3, -0.25) is 4.79 Å². The molecule has 1 heterocycles. The van der Waals surface area contributed by atoms with Crippen molar-refractivity contribution in [2.75, 3.05) is 16.8 Å². The van der Waals surface area contributed by atoms with Crippen LogP contribution in [0.2, 0.25) is 0 Å². The first-order valence-corrected chi connectivity index (χ1v) is 9.89. The van der Waals surface area contributed by atoms with Crippen molar-refractivity contribution in [3.63, 3.8) is 0 Å². The maximum absolute atomic E-state index is 13.1. The standard InChI is InChI=1S/C21H24BrN3O2/c1-13(2)19(20(26)25-11-10-15-6-4-5-7-18(15)25)24-21(27)23-16-8-9-17(22)14(3)12-16/h4-9,12-13,19H,10-11H2,1-3H3,(H2,23,24,27)/t19-/m0/s1. The predicted octanol–water partition coefficient (Wildman–Crippen LogP) is 4.49. The molecule has 6 heteroatoms. The molecule has 0 saturated carbocycles. The molecule has 2 aromatic rings. The Hall–Kier alpha value is -2.34. The Morgan fingerprint density at radius 3 is 2.59 bits per heavy atom. The second kappa shape index (κ2) is 8.13. The van der Waals surface area contributed by atoms with E-state index < -0.39 is 6.04 Å². The lowest BCUT2D eigenvalue weighted by atomic mass is 10.0. The van der Waals surface area contributed by atoms with Crippen molar-refractivity contribution >= 4 is 39.2 Å². The van der Waals surface area contributed by atoms with Crippen molar-refractivity contribution in [3.05, 3.63) is 58.1 Å². The van der Waals surface area contributed by atoms with Gasteiger partial charge in [0.05, 0.1) is 0 Å². The molecule has 3 amide bonds. The fraction of sp³-hybridized carbons (Fsp3) is 0.333. The Morgan fingerprint density at radius 1 is 1.15 bits per heavy atom. The third-order valence-corrected chi connectivity index (χ3v) is 5.68. The smallest absolute Gasteiger partial charge is 0.319 e. The highest BCUT2D eigenvalue weighted by molar-refractivity contribution is 9.10. The van der Waals surface area contributed by atoms with Crippen molar-refractivity contribution < 1.29 is 9.59 Å². The minimum absolute atomic E-state index is 0.0253. The molecule has 27 heavy (non-hydrogen) atoms. The molecule has 2 N–H and O–H groups in total. The van der Waals surface area contributed by atoms with Crippen LogP contribution in [0, 0.1) is 12.8 Å². The van der Waals surface area contributed by atoms with Gasteiger partial charge in [0.25, 0.3) is 0 Å². The van der Waals surface area contributed by atoms with E-state index in [-0.39, 0.29) is 17.9 Å². The van der Waals surface area contributed by atoms with E-state index >= 15 is 0 Å². The number of benzene rings is 2. The van der Waals surface area contributed by atoms with E-state index in [2.05, 4.69) is 26.6 Å². The number of carbonyl (C=O) groups excluding carboxylic acids is 2. The lowest BCUT2D eigenvalue weighted by Gasteiger charge is -2.27. The summed E-state index contributed by atoms with van der Waals surface area (Å²) in [5.41, 5.74) is 3.83. The van der Waals surface area contributed by atoms with Gasteiger partial charge in [-0.15, -0.1) is 0 Å². The van der Waals surface area contributed by atoms with Crippen LogP contribution < -0.4 is 15.5 Å². The number of anilines is 2. The van der Waals surface area contributed by atoms with E-state index in [4.69, 9.17) is 0 Å². The van der Waals surface area contributed by atoms with Crippen LogP contribution in [0.3, 0.4) is 0 Å². The van der Waals surface area contributed by atoms with Gasteiger partial charge in [0.2, 0.25) is 5.91 Å². The summed E-state index contributed by atoms with van der Waals surface area (Å²) >= 11 is 3.45. The number of halogens is 1. The maximum Gasteiger partial charge on any atom is 0.319 e. The number of aryl methyl sites for hydroxylation is 1. The predicted molar refractivity (Wildman–Crippen MR) is 112 cm³/mol. The highest BCUT2D eigenvalue weighted by atomic mass is 79.9. The lowest BCUT2D eigenvalue weighted by Crippen LogP contribution is -2.52. The monoisotopic (exact) mass is 429 g/mol. The summed E-state index contributed by atoms with van der Waals surface area (Å²) in [6.07, 6.45) is 0.844. The Balaban J connectivity index is 1.71. The van der Waals surface area contributed by atoms with Crippen LogP contribution in [0.5, 0.6) is 0 Å². The molecule has 0 unspecified atom stereocenters. The Bertz CT molecular complexity index is 866. The number of para-hydroxylation sites is 1. The second-order valence-electron chi connectivity index (χ2n) is 7.15. The molecule has 1 atom stereocenters. The van der Waals surface area contributed by atoms with Crippen LogP contribution in [0.15, 0.2) is 46.9 Å². The average Bonchev–Trinajstić information content (AvgIpc) is 3.06. The Morgan fingerprint density at radius 2 is 1.89 bits per heavy atom. The van der Waals surface area contributed by atoms with E-state index in [0.717, 1.165) is 22.1 Å². The van der Waals surface area contributed by atoms with E-state index in [0.29, 0.717) is 12.2 Å². The van der Waals surface area contributed by atoms with Gasteiger partial charge in [-0.25, -0.2) is 4.79 Å². The molecule has 3 rings (SSSR count). The van der Waals surface area contributed by atoms with Gasteiger partial charge in [0.1, 0.15) is 6.04 Å². The quantitative estimate of drug-likeness (QED) is 0.751. The molecule has 1 aliphatic rings. The van der Waals surface area contributed by atoms with Gasteiger partial charge >= 0.3 is 6.03 Å². The van der Waals surface area contributed by atoms with Crippen LogP contribution in [-0.4, -0.2) is 24.5 Å². The van der Waals surface area contributed by atoms with Gasteiger partial charge in [-0.05, 0) is 54.7 Å². The van der Waals surface area contributed by atoms with Gasteiger partial charge < -0.3 is 15.5 Å². The molecule has 5 nitrogen and oxygen atoms in total. The molecule has 142 valence electrons. The molecule has 0 spiro atoms. The molecule has 2 aromatic carbocycles. The number of rotatable bonds is 4. The number of hydrogen-bond acceptors (Lipinski definition) is 2. The number of nitrogens with zero attached hydrogens (tertiary/aromatic N) is 1. The topological polar surface area (TPSA) is 61.4 Å². The summed E-state index contributed by atoms with van der Waals surface area (Å²) in [7, 11) is 0. The summed E-state index contributed by atoms with van der Waals surface area (Å²) in [5.74, 6) is -0.0975. The van der Waals surface area contributed by atoms with Crippen molar-refractivity contribution in [2.45, 2.75) is 33.2 Å². The Kier molecular flexibility index (Phi) is 5.85. The summed E-state index contributed by atoms with van der Waals surface area (Å²) in [5, 5.41) is 5.67. The normalized spacial score (nSPS) is 14.0. The number of urea groups is 1. The van der Waals surface area contributed by atoms with E-state index in [1.54, 1.807) is 4.90 Å². The average molecular weight is 430 g/mol. The number of fused-ring (bicyclic) bond motifs is 1. The molecule has 0 aromatic heterocycles. The molecule has 1 aliphatic heterocycles. The minimum Gasteiger partial charge on any atom is -0.326 e. The van der Waals surface area contributed by atoms with E-state index in [9.17, 15) is 9.59 Å². The van der Waals surface area contributed by atoms with Crippen LogP contribution in [0.4, 0.5) is 16.2 Å². The largest absolute Gasteiger partial charge is 0.326 e. The summed E-state index contributed by atoms with van der Waals surface area (Å²) in [6.45, 7) is 6.48.